The van der Waals surface area contributed by atoms with Crippen molar-refractivity contribution in [1.82, 2.24) is 0 Å². The highest BCUT2D eigenvalue weighted by Gasteiger charge is 2.24. The molecular weight excluding hydrogens is 370 g/mol. The predicted octanol–water partition coefficient (Wildman–Crippen LogP) is 3.38. The lowest BCUT2D eigenvalue weighted by atomic mass is 10.2. The van der Waals surface area contributed by atoms with Crippen molar-refractivity contribution in [1.29, 1.82) is 5.26 Å². The topological polar surface area (TPSA) is 91.7 Å². The average Bonchev–Trinajstić information content (AvgIpc) is 3.17. The maximum Gasteiger partial charge on any atom is 0.248 e. The maximum absolute atomic E-state index is 12.2. The summed E-state index contributed by atoms with van der Waals surface area (Å²) in [5, 5.41) is 11.3. The number of hydrogen-bond acceptors (Lipinski definition) is 5. The van der Waals surface area contributed by atoms with Gasteiger partial charge in [0.05, 0.1) is 12.8 Å². The lowest BCUT2D eigenvalue weighted by Crippen LogP contribution is -2.24. The summed E-state index contributed by atoms with van der Waals surface area (Å²) >= 11 is 0. The smallest absolute Gasteiger partial charge is 0.248 e. The van der Waals surface area contributed by atoms with Crippen molar-refractivity contribution in [2.75, 3.05) is 30.5 Å². The van der Waals surface area contributed by atoms with Crippen LogP contribution in [-0.2, 0) is 9.59 Å². The van der Waals surface area contributed by atoms with Crippen molar-refractivity contribution in [2.45, 2.75) is 12.8 Å². The second-order valence-corrected chi connectivity index (χ2v) is 6.37. The van der Waals surface area contributed by atoms with Crippen LogP contribution in [0.1, 0.15) is 18.4 Å². The van der Waals surface area contributed by atoms with Gasteiger partial charge in [0.2, 0.25) is 11.8 Å². The number of anilines is 2. The minimum Gasteiger partial charge on any atom is -0.494 e. The molecule has 0 saturated carbocycles. The second-order valence-electron chi connectivity index (χ2n) is 6.37. The molecule has 2 amide bonds. The lowest BCUT2D eigenvalue weighted by Gasteiger charge is -2.19. The summed E-state index contributed by atoms with van der Waals surface area (Å²) in [5.41, 5.74) is 2.11. The van der Waals surface area contributed by atoms with Crippen LogP contribution >= 0.6 is 0 Å². The Labute approximate surface area is 169 Å². The van der Waals surface area contributed by atoms with Gasteiger partial charge in [0.25, 0.3) is 0 Å². The minimum atomic E-state index is -0.290. The van der Waals surface area contributed by atoms with Crippen LogP contribution in [-0.4, -0.2) is 32.1 Å². The number of hydrogen-bond donors (Lipinski definition) is 1. The maximum atomic E-state index is 12.2. The molecule has 29 heavy (non-hydrogen) atoms. The molecule has 2 aromatic rings. The third kappa shape index (κ3) is 5.14. The number of carbonyl (C=O) groups is 2. The summed E-state index contributed by atoms with van der Waals surface area (Å²) in [5.74, 6) is 0.917. The largest absolute Gasteiger partial charge is 0.494 e. The fraction of sp³-hybridized carbons (Fsp3) is 0.227. The van der Waals surface area contributed by atoms with Gasteiger partial charge in [-0.2, -0.15) is 5.26 Å². The van der Waals surface area contributed by atoms with Crippen molar-refractivity contribution in [3.8, 4) is 17.6 Å². The van der Waals surface area contributed by atoms with E-state index in [9.17, 15) is 9.59 Å². The van der Waals surface area contributed by atoms with Crippen molar-refractivity contribution >= 4 is 29.3 Å². The molecule has 2 aromatic carbocycles. The van der Waals surface area contributed by atoms with Crippen LogP contribution in [0.2, 0.25) is 0 Å². The third-order valence-corrected chi connectivity index (χ3v) is 4.42. The number of carbonyl (C=O) groups excluding carboxylic acids is 2. The first kappa shape index (κ1) is 20.0. The summed E-state index contributed by atoms with van der Waals surface area (Å²) in [4.78, 5) is 25.9. The van der Waals surface area contributed by atoms with E-state index in [2.05, 4.69) is 5.32 Å². The standard InChI is InChI=1S/C22H21N3O4/c1-28-20-15-17(7-10-19(20)25-13-2-3-22(25)27)24-21(26)11-6-16-4-8-18(9-5-16)29-14-12-23/h4-11,15H,2-3,13-14H2,1H3,(H,24,26)/b11-6+. The highest BCUT2D eigenvalue weighted by Crippen LogP contribution is 2.33. The Kier molecular flexibility index (Phi) is 6.48. The summed E-state index contributed by atoms with van der Waals surface area (Å²) in [6.07, 6.45) is 4.47. The second kappa shape index (κ2) is 9.42. The van der Waals surface area contributed by atoms with Gasteiger partial charge in [-0.25, -0.2) is 0 Å². The van der Waals surface area contributed by atoms with E-state index in [4.69, 9.17) is 14.7 Å². The van der Waals surface area contributed by atoms with Crippen LogP contribution in [0, 0.1) is 11.3 Å². The number of nitrogens with one attached hydrogen (secondary N) is 1. The zero-order valence-electron chi connectivity index (χ0n) is 16.1. The molecular formula is C22H21N3O4. The van der Waals surface area contributed by atoms with Crippen molar-refractivity contribution in [2.24, 2.45) is 0 Å². The number of ether oxygens (including phenoxy) is 2. The number of nitriles is 1. The molecule has 1 aliphatic heterocycles. The fourth-order valence-corrected chi connectivity index (χ4v) is 3.03. The number of methoxy groups -OCH3 is 1. The number of benzene rings is 2. The van der Waals surface area contributed by atoms with Crippen molar-refractivity contribution in [3.05, 3.63) is 54.1 Å². The summed E-state index contributed by atoms with van der Waals surface area (Å²) in [6.45, 7) is 0.662. The highest BCUT2D eigenvalue weighted by molar-refractivity contribution is 6.02. The van der Waals surface area contributed by atoms with E-state index < -0.39 is 0 Å². The fourth-order valence-electron chi connectivity index (χ4n) is 3.03. The molecule has 0 atom stereocenters. The normalized spacial score (nSPS) is 13.4. The number of rotatable bonds is 7. The Hall–Kier alpha value is -3.79. The average molecular weight is 391 g/mol. The van der Waals surface area contributed by atoms with Crippen LogP contribution in [0.15, 0.2) is 48.5 Å². The van der Waals surface area contributed by atoms with E-state index in [1.165, 1.54) is 13.2 Å². The zero-order chi connectivity index (χ0) is 20.6. The van der Waals surface area contributed by atoms with Gasteiger partial charge in [-0.3, -0.25) is 9.59 Å². The molecule has 1 saturated heterocycles. The van der Waals surface area contributed by atoms with Gasteiger partial charge in [-0.1, -0.05) is 12.1 Å². The minimum absolute atomic E-state index is 0.00817. The van der Waals surface area contributed by atoms with Crippen LogP contribution in [0.4, 0.5) is 11.4 Å². The Morgan fingerprint density at radius 1 is 1.28 bits per heavy atom. The van der Waals surface area contributed by atoms with Gasteiger partial charge in [-0.15, -0.1) is 0 Å². The molecule has 1 heterocycles. The number of amides is 2. The first-order chi connectivity index (χ1) is 14.1. The molecule has 0 radical (unpaired) electrons. The molecule has 0 unspecified atom stereocenters. The van der Waals surface area contributed by atoms with E-state index >= 15 is 0 Å². The molecule has 148 valence electrons. The molecule has 7 heteroatoms. The lowest BCUT2D eigenvalue weighted by molar-refractivity contribution is -0.117. The van der Waals surface area contributed by atoms with Gasteiger partial charge >= 0.3 is 0 Å². The zero-order valence-corrected chi connectivity index (χ0v) is 16.1. The first-order valence-electron chi connectivity index (χ1n) is 9.18. The van der Waals surface area contributed by atoms with Gasteiger partial charge in [-0.05, 0) is 42.3 Å². The molecule has 1 N–H and O–H groups in total. The molecule has 3 rings (SSSR count). The van der Waals surface area contributed by atoms with E-state index in [-0.39, 0.29) is 18.4 Å². The summed E-state index contributed by atoms with van der Waals surface area (Å²) < 4.78 is 10.6. The van der Waals surface area contributed by atoms with Crippen LogP contribution in [0.5, 0.6) is 11.5 Å². The molecule has 0 aliphatic carbocycles. The van der Waals surface area contributed by atoms with E-state index in [1.807, 2.05) is 6.07 Å². The van der Waals surface area contributed by atoms with Crippen LogP contribution in [0.25, 0.3) is 6.08 Å². The van der Waals surface area contributed by atoms with Crippen LogP contribution in [0.3, 0.4) is 0 Å². The SMILES string of the molecule is COc1cc(NC(=O)/C=C/c2ccc(OCC#N)cc2)ccc1N1CCCC1=O. The quantitative estimate of drug-likeness (QED) is 0.731. The number of nitrogens with zero attached hydrogens (tertiary/aromatic N) is 2. The van der Waals surface area contributed by atoms with E-state index in [1.54, 1.807) is 53.4 Å². The monoisotopic (exact) mass is 391 g/mol. The molecule has 1 aliphatic rings. The Bertz CT molecular complexity index is 961. The molecule has 0 bridgehead atoms. The van der Waals surface area contributed by atoms with Gasteiger partial charge < -0.3 is 19.7 Å². The molecule has 1 fully saturated rings. The van der Waals surface area contributed by atoms with Crippen LogP contribution < -0.4 is 19.7 Å². The molecule has 7 nitrogen and oxygen atoms in total. The van der Waals surface area contributed by atoms with Gasteiger partial charge in [0.1, 0.15) is 17.6 Å². The Morgan fingerprint density at radius 3 is 2.72 bits per heavy atom. The summed E-state index contributed by atoms with van der Waals surface area (Å²) in [7, 11) is 1.54. The van der Waals surface area contributed by atoms with Crippen molar-refractivity contribution < 1.29 is 19.1 Å². The van der Waals surface area contributed by atoms with E-state index in [0.29, 0.717) is 35.8 Å². The highest BCUT2D eigenvalue weighted by atomic mass is 16.5. The van der Waals surface area contributed by atoms with E-state index in [0.717, 1.165) is 12.0 Å². The van der Waals surface area contributed by atoms with Gasteiger partial charge in [0, 0.05) is 30.8 Å². The summed E-state index contributed by atoms with van der Waals surface area (Å²) in [6, 6.07) is 14.2. The first-order valence-corrected chi connectivity index (χ1v) is 9.18. The Morgan fingerprint density at radius 2 is 2.07 bits per heavy atom. The third-order valence-electron chi connectivity index (χ3n) is 4.42. The van der Waals surface area contributed by atoms with Crippen molar-refractivity contribution in [3.63, 3.8) is 0 Å². The predicted molar refractivity (Wildman–Crippen MR) is 110 cm³/mol. The molecule has 0 spiro atoms. The Balaban J connectivity index is 1.63. The van der Waals surface area contributed by atoms with Gasteiger partial charge in [0.15, 0.2) is 6.61 Å². The molecule has 0 aromatic heterocycles.